The van der Waals surface area contributed by atoms with Crippen molar-refractivity contribution in [1.29, 1.82) is 0 Å². The highest BCUT2D eigenvalue weighted by Gasteiger charge is 2.30. The van der Waals surface area contributed by atoms with Crippen LogP contribution < -0.4 is 5.32 Å². The lowest BCUT2D eigenvalue weighted by molar-refractivity contribution is 0.0205. The number of carbonyl (C=O) groups excluding carboxylic acids is 1. The van der Waals surface area contributed by atoms with Crippen LogP contribution in [0, 0.1) is 0 Å². The Bertz CT molecular complexity index is 633. The summed E-state index contributed by atoms with van der Waals surface area (Å²) in [5.41, 5.74) is -0.0703. The number of rotatable bonds is 5. The van der Waals surface area contributed by atoms with Crippen LogP contribution >= 0.6 is 10.7 Å². The van der Waals surface area contributed by atoms with E-state index in [4.69, 9.17) is 15.4 Å². The van der Waals surface area contributed by atoms with E-state index in [2.05, 4.69) is 5.32 Å². The van der Waals surface area contributed by atoms with Gasteiger partial charge in [-0.05, 0) is 32.8 Å². The van der Waals surface area contributed by atoms with Gasteiger partial charge in [0, 0.05) is 36.6 Å². The van der Waals surface area contributed by atoms with Gasteiger partial charge in [0.1, 0.15) is 10.6 Å². The molecule has 6 nitrogen and oxygen atoms in total. The number of aryl methyl sites for hydroxylation is 1. The summed E-state index contributed by atoms with van der Waals surface area (Å²) in [6.07, 6.45) is 3.24. The maximum Gasteiger partial charge on any atom is 0.268 e. The Labute approximate surface area is 128 Å². The van der Waals surface area contributed by atoms with Crippen molar-refractivity contribution in [1.82, 2.24) is 9.88 Å². The molecule has 1 saturated heterocycles. The van der Waals surface area contributed by atoms with Crippen molar-refractivity contribution in [3.63, 3.8) is 0 Å². The quantitative estimate of drug-likeness (QED) is 0.832. The van der Waals surface area contributed by atoms with Crippen molar-refractivity contribution in [3.05, 3.63) is 18.0 Å². The lowest BCUT2D eigenvalue weighted by Crippen LogP contribution is -2.40. The molecule has 0 spiro atoms. The van der Waals surface area contributed by atoms with E-state index in [-0.39, 0.29) is 22.1 Å². The van der Waals surface area contributed by atoms with Gasteiger partial charge in [-0.2, -0.15) is 0 Å². The van der Waals surface area contributed by atoms with E-state index in [1.165, 1.54) is 12.3 Å². The van der Waals surface area contributed by atoms with Gasteiger partial charge in [-0.25, -0.2) is 8.42 Å². The van der Waals surface area contributed by atoms with E-state index in [1.54, 1.807) is 4.57 Å². The van der Waals surface area contributed by atoms with Crippen LogP contribution in [0.15, 0.2) is 17.2 Å². The standard InChI is InChI=1S/C13H19ClN2O4S/c1-3-16-8-10(21(14,18)19)7-11(16)12(17)15-9-13(2)5-4-6-20-13/h7-8H,3-6,9H2,1-2H3,(H,15,17). The number of carbonyl (C=O) groups is 1. The minimum absolute atomic E-state index is 0.0699. The molecule has 21 heavy (non-hydrogen) atoms. The molecule has 1 aliphatic rings. The van der Waals surface area contributed by atoms with Crippen molar-refractivity contribution in [2.45, 2.75) is 43.7 Å². The summed E-state index contributed by atoms with van der Waals surface area (Å²) in [4.78, 5) is 12.2. The van der Waals surface area contributed by atoms with Gasteiger partial charge >= 0.3 is 0 Å². The van der Waals surface area contributed by atoms with E-state index in [9.17, 15) is 13.2 Å². The molecule has 2 rings (SSSR count). The maximum atomic E-state index is 12.2. The zero-order valence-electron chi connectivity index (χ0n) is 12.1. The molecule has 1 atom stereocenters. The molecule has 1 fully saturated rings. The molecule has 1 unspecified atom stereocenters. The Kier molecular flexibility index (Phi) is 4.65. The number of amides is 1. The number of ether oxygens (including phenoxy) is 1. The summed E-state index contributed by atoms with van der Waals surface area (Å²) in [6.45, 7) is 5.34. The van der Waals surface area contributed by atoms with Crippen LogP contribution in [-0.2, 0) is 20.3 Å². The van der Waals surface area contributed by atoms with Crippen LogP contribution in [-0.4, -0.2) is 37.6 Å². The molecule has 1 aromatic rings. The highest BCUT2D eigenvalue weighted by Crippen LogP contribution is 2.24. The van der Waals surface area contributed by atoms with Crippen molar-refractivity contribution in [2.24, 2.45) is 0 Å². The molecule has 118 valence electrons. The van der Waals surface area contributed by atoms with Gasteiger partial charge in [0.25, 0.3) is 15.0 Å². The van der Waals surface area contributed by atoms with E-state index < -0.39 is 9.05 Å². The molecule has 1 aromatic heterocycles. The van der Waals surface area contributed by atoms with Gasteiger partial charge in [0.05, 0.1) is 5.60 Å². The third-order valence-electron chi connectivity index (χ3n) is 3.65. The number of halogens is 1. The number of aromatic nitrogens is 1. The van der Waals surface area contributed by atoms with Gasteiger partial charge < -0.3 is 14.6 Å². The van der Waals surface area contributed by atoms with Crippen molar-refractivity contribution in [2.75, 3.05) is 13.2 Å². The second-order valence-electron chi connectivity index (χ2n) is 5.37. The minimum atomic E-state index is -3.84. The molecule has 0 aromatic carbocycles. The smallest absolute Gasteiger partial charge is 0.268 e. The van der Waals surface area contributed by atoms with Gasteiger partial charge in [-0.15, -0.1) is 0 Å². The molecule has 1 N–H and O–H groups in total. The molecular weight excluding hydrogens is 316 g/mol. The number of hydrogen-bond acceptors (Lipinski definition) is 4. The molecule has 1 amide bonds. The largest absolute Gasteiger partial charge is 0.373 e. The molecule has 2 heterocycles. The maximum absolute atomic E-state index is 12.2. The van der Waals surface area contributed by atoms with Crippen LogP contribution in [0.4, 0.5) is 0 Å². The Balaban J connectivity index is 2.13. The van der Waals surface area contributed by atoms with Crippen molar-refractivity contribution in [3.8, 4) is 0 Å². The lowest BCUT2D eigenvalue weighted by atomic mass is 10.0. The molecule has 0 bridgehead atoms. The summed E-state index contributed by atoms with van der Waals surface area (Å²) in [5.74, 6) is -0.333. The summed E-state index contributed by atoms with van der Waals surface area (Å²) in [7, 11) is 1.47. The molecule has 8 heteroatoms. The van der Waals surface area contributed by atoms with E-state index >= 15 is 0 Å². The molecule has 0 aliphatic carbocycles. The second-order valence-corrected chi connectivity index (χ2v) is 7.94. The highest BCUT2D eigenvalue weighted by molar-refractivity contribution is 8.13. The first kappa shape index (κ1) is 16.3. The average Bonchev–Trinajstić information content (AvgIpc) is 3.02. The van der Waals surface area contributed by atoms with Crippen LogP contribution in [0.25, 0.3) is 0 Å². The Morgan fingerprint density at radius 3 is 2.81 bits per heavy atom. The average molecular weight is 335 g/mol. The number of nitrogens with zero attached hydrogens (tertiary/aromatic N) is 1. The van der Waals surface area contributed by atoms with Crippen molar-refractivity contribution >= 4 is 25.6 Å². The van der Waals surface area contributed by atoms with Gasteiger partial charge in [0.2, 0.25) is 0 Å². The topological polar surface area (TPSA) is 77.4 Å². The summed E-state index contributed by atoms with van der Waals surface area (Å²) >= 11 is 0. The lowest BCUT2D eigenvalue weighted by Gasteiger charge is -2.23. The SMILES string of the molecule is CCn1cc(S(=O)(=O)Cl)cc1C(=O)NCC1(C)CCCO1. The first-order valence-electron chi connectivity index (χ1n) is 6.82. The van der Waals surface area contributed by atoms with Gasteiger partial charge in [-0.1, -0.05) is 0 Å². The van der Waals surface area contributed by atoms with Crippen LogP contribution in [0.2, 0.25) is 0 Å². The van der Waals surface area contributed by atoms with E-state index in [0.717, 1.165) is 12.8 Å². The van der Waals surface area contributed by atoms with E-state index in [1.807, 2.05) is 13.8 Å². The Morgan fingerprint density at radius 2 is 2.29 bits per heavy atom. The van der Waals surface area contributed by atoms with Crippen LogP contribution in [0.3, 0.4) is 0 Å². The molecule has 1 aliphatic heterocycles. The Hall–Kier alpha value is -1.05. The van der Waals surface area contributed by atoms with Crippen molar-refractivity contribution < 1.29 is 17.9 Å². The normalized spacial score (nSPS) is 22.4. The van der Waals surface area contributed by atoms with Crippen LogP contribution in [0.1, 0.15) is 37.2 Å². The molecule has 0 saturated carbocycles. The molecule has 0 radical (unpaired) electrons. The van der Waals surface area contributed by atoms with Gasteiger partial charge in [-0.3, -0.25) is 4.79 Å². The molecular formula is C13H19ClN2O4S. The number of nitrogens with one attached hydrogen (secondary N) is 1. The third-order valence-corrected chi connectivity index (χ3v) is 4.97. The minimum Gasteiger partial charge on any atom is -0.373 e. The summed E-state index contributed by atoms with van der Waals surface area (Å²) < 4.78 is 29.9. The zero-order chi connectivity index (χ0) is 15.7. The first-order chi connectivity index (χ1) is 9.75. The third kappa shape index (κ3) is 3.78. The van der Waals surface area contributed by atoms with Gasteiger partial charge in [0.15, 0.2) is 0 Å². The van der Waals surface area contributed by atoms with E-state index in [0.29, 0.717) is 19.7 Å². The summed E-state index contributed by atoms with van der Waals surface area (Å²) in [6, 6.07) is 1.29. The number of hydrogen-bond donors (Lipinski definition) is 1. The first-order valence-corrected chi connectivity index (χ1v) is 9.13. The summed E-state index contributed by atoms with van der Waals surface area (Å²) in [5, 5.41) is 2.80. The fraction of sp³-hybridized carbons (Fsp3) is 0.615. The zero-order valence-corrected chi connectivity index (χ0v) is 13.6. The van der Waals surface area contributed by atoms with Crippen LogP contribution in [0.5, 0.6) is 0 Å². The predicted molar refractivity (Wildman–Crippen MR) is 79.1 cm³/mol. The highest BCUT2D eigenvalue weighted by atomic mass is 35.7. The second kappa shape index (κ2) is 5.98. The Morgan fingerprint density at radius 1 is 1.57 bits per heavy atom. The fourth-order valence-electron chi connectivity index (χ4n) is 2.40. The monoisotopic (exact) mass is 334 g/mol. The predicted octanol–water partition coefficient (Wildman–Crippen LogP) is 1.73. The fourth-order valence-corrected chi connectivity index (χ4v) is 3.16.